The Kier molecular flexibility index (Phi) is 7.40. The number of carbonyl (C=O) groups excluding carboxylic acids is 1. The van der Waals surface area contributed by atoms with Gasteiger partial charge in [-0.3, -0.25) is 9.36 Å². The second kappa shape index (κ2) is 9.80. The fraction of sp³-hybridized carbons (Fsp3) is 0.550. The normalized spacial score (nSPS) is 16.1. The fourth-order valence-electron chi connectivity index (χ4n) is 3.42. The topological polar surface area (TPSA) is 68.9 Å². The predicted octanol–water partition coefficient (Wildman–Crippen LogP) is 3.41. The first kappa shape index (κ1) is 21.9. The van der Waals surface area contributed by atoms with E-state index in [4.69, 9.17) is 11.6 Å². The molecule has 6 nitrogen and oxygen atoms in total. The number of fused-ring (bicyclic) bond motifs is 1. The molecule has 2 aromatic rings. The third kappa shape index (κ3) is 5.22. The number of hydrogen-bond donors (Lipinski definition) is 1. The highest BCUT2D eigenvalue weighted by molar-refractivity contribution is 7.99. The first-order chi connectivity index (χ1) is 13.9. The second-order valence-corrected chi connectivity index (χ2v) is 9.50. The summed E-state index contributed by atoms with van der Waals surface area (Å²) in [6.07, 6.45) is 2.26. The molecule has 1 aromatic carbocycles. The molecular weight excluding hydrogens is 415 g/mol. The van der Waals surface area contributed by atoms with Crippen LogP contribution in [0.1, 0.15) is 50.4 Å². The molecule has 0 bridgehead atoms. The molecule has 1 aliphatic heterocycles. The average molecular weight is 441 g/mol. The predicted molar refractivity (Wildman–Crippen MR) is 114 cm³/mol. The zero-order valence-corrected chi connectivity index (χ0v) is 18.2. The summed E-state index contributed by atoms with van der Waals surface area (Å²) in [5.41, 5.74) is -0.125. The van der Waals surface area contributed by atoms with Crippen molar-refractivity contribution in [3.63, 3.8) is 0 Å². The van der Waals surface area contributed by atoms with E-state index >= 15 is 0 Å². The minimum atomic E-state index is -0.482. The first-order valence-electron chi connectivity index (χ1n) is 9.88. The Hall–Kier alpha value is -1.80. The van der Waals surface area contributed by atoms with Crippen LogP contribution in [0.5, 0.6) is 0 Å². The van der Waals surface area contributed by atoms with Crippen LogP contribution in [0.2, 0.25) is 5.02 Å². The number of aromatic nitrogens is 3. The van der Waals surface area contributed by atoms with Crippen molar-refractivity contribution in [2.75, 3.05) is 12.3 Å². The zero-order chi connectivity index (χ0) is 21.0. The van der Waals surface area contributed by atoms with Gasteiger partial charge in [0.1, 0.15) is 11.6 Å². The first-order valence-corrected chi connectivity index (χ1v) is 11.3. The highest BCUT2D eigenvalue weighted by Crippen LogP contribution is 2.25. The number of hydrogen-bond acceptors (Lipinski definition) is 4. The Labute approximate surface area is 178 Å². The molecule has 0 aliphatic carbocycles. The summed E-state index contributed by atoms with van der Waals surface area (Å²) in [6.45, 7) is 5.34. The lowest BCUT2D eigenvalue weighted by atomic mass is 9.98. The molecule has 2 heterocycles. The largest absolute Gasteiger partial charge is 0.355 e. The average Bonchev–Trinajstić information content (AvgIpc) is 3.00. The molecule has 1 unspecified atom stereocenters. The van der Waals surface area contributed by atoms with Gasteiger partial charge in [0, 0.05) is 23.7 Å². The molecular formula is C20H26ClFN4O2S. The van der Waals surface area contributed by atoms with Crippen molar-refractivity contribution < 1.29 is 9.18 Å². The Morgan fingerprint density at radius 3 is 2.97 bits per heavy atom. The van der Waals surface area contributed by atoms with Crippen LogP contribution in [0.15, 0.2) is 23.0 Å². The van der Waals surface area contributed by atoms with Gasteiger partial charge in [-0.05, 0) is 42.4 Å². The van der Waals surface area contributed by atoms with E-state index in [-0.39, 0.29) is 28.7 Å². The lowest BCUT2D eigenvalue weighted by molar-refractivity contribution is -0.123. The van der Waals surface area contributed by atoms with E-state index in [9.17, 15) is 14.0 Å². The summed E-state index contributed by atoms with van der Waals surface area (Å²) in [5.74, 6) is 0.380. The van der Waals surface area contributed by atoms with E-state index in [1.807, 2.05) is 11.8 Å². The lowest BCUT2D eigenvalue weighted by Crippen LogP contribution is -2.35. The molecule has 29 heavy (non-hydrogen) atoms. The van der Waals surface area contributed by atoms with Gasteiger partial charge in [-0.25, -0.2) is 13.9 Å². The van der Waals surface area contributed by atoms with Crippen LogP contribution in [0.3, 0.4) is 0 Å². The Morgan fingerprint density at radius 1 is 1.45 bits per heavy atom. The molecule has 1 atom stereocenters. The molecule has 1 aliphatic rings. The molecule has 158 valence electrons. The molecule has 1 N–H and O–H groups in total. The van der Waals surface area contributed by atoms with Crippen LogP contribution >= 0.6 is 23.4 Å². The minimum absolute atomic E-state index is 0.0644. The number of thioether (sulfide) groups is 1. The Bertz CT molecular complexity index is 907. The number of benzene rings is 1. The van der Waals surface area contributed by atoms with Crippen molar-refractivity contribution >= 4 is 29.3 Å². The highest BCUT2D eigenvalue weighted by atomic mass is 35.5. The zero-order valence-electron chi connectivity index (χ0n) is 16.7. The lowest BCUT2D eigenvalue weighted by Gasteiger charge is -2.21. The van der Waals surface area contributed by atoms with Gasteiger partial charge < -0.3 is 5.32 Å². The molecule has 9 heteroatoms. The van der Waals surface area contributed by atoms with Gasteiger partial charge in [-0.1, -0.05) is 31.5 Å². The van der Waals surface area contributed by atoms with Crippen LogP contribution in [0, 0.1) is 5.82 Å². The molecule has 0 saturated heterocycles. The SMILES string of the molecule is CC(C)SCCCNC(=O)C1CCCn2c1nn(Cc1c(F)cccc1Cl)c2=O. The number of nitrogens with one attached hydrogen (secondary N) is 1. The number of carbonyl (C=O) groups is 1. The van der Waals surface area contributed by atoms with Gasteiger partial charge in [0.15, 0.2) is 0 Å². The maximum absolute atomic E-state index is 14.1. The van der Waals surface area contributed by atoms with Gasteiger partial charge in [-0.15, -0.1) is 0 Å². The van der Waals surface area contributed by atoms with Crippen molar-refractivity contribution in [1.82, 2.24) is 19.7 Å². The number of halogens is 2. The molecule has 0 fully saturated rings. The van der Waals surface area contributed by atoms with Gasteiger partial charge >= 0.3 is 5.69 Å². The van der Waals surface area contributed by atoms with E-state index in [0.29, 0.717) is 30.6 Å². The number of amides is 1. The van der Waals surface area contributed by atoms with Gasteiger partial charge in [0.25, 0.3) is 0 Å². The molecule has 0 saturated carbocycles. The molecule has 0 spiro atoms. The van der Waals surface area contributed by atoms with E-state index in [1.54, 1.807) is 6.07 Å². The summed E-state index contributed by atoms with van der Waals surface area (Å²) in [7, 11) is 0. The van der Waals surface area contributed by atoms with E-state index in [0.717, 1.165) is 18.6 Å². The van der Waals surface area contributed by atoms with Crippen molar-refractivity contribution in [3.8, 4) is 0 Å². The second-order valence-electron chi connectivity index (χ2n) is 7.41. The van der Waals surface area contributed by atoms with Crippen LogP contribution in [-0.2, 0) is 17.9 Å². The van der Waals surface area contributed by atoms with Crippen molar-refractivity contribution in [2.45, 2.75) is 57.4 Å². The minimum Gasteiger partial charge on any atom is -0.355 e. The number of nitrogens with zero attached hydrogens (tertiary/aromatic N) is 3. The maximum atomic E-state index is 14.1. The Balaban J connectivity index is 1.72. The van der Waals surface area contributed by atoms with Crippen LogP contribution in [0.25, 0.3) is 0 Å². The standard InChI is InChI=1S/C20H26ClFN4O2S/c1-13(2)29-11-5-9-23-19(27)14-6-4-10-25-18(14)24-26(20(25)28)12-15-16(21)7-3-8-17(15)22/h3,7-8,13-14H,4-6,9-12H2,1-2H3,(H,23,27). The highest BCUT2D eigenvalue weighted by Gasteiger charge is 2.31. The molecule has 3 rings (SSSR count). The third-order valence-electron chi connectivity index (χ3n) is 4.90. The van der Waals surface area contributed by atoms with Crippen molar-refractivity contribution in [3.05, 3.63) is 50.9 Å². The summed E-state index contributed by atoms with van der Waals surface area (Å²) in [6, 6.07) is 4.40. The molecule has 0 radical (unpaired) electrons. The summed E-state index contributed by atoms with van der Waals surface area (Å²) < 4.78 is 16.8. The summed E-state index contributed by atoms with van der Waals surface area (Å²) in [5, 5.41) is 8.16. The fourth-order valence-corrected chi connectivity index (χ4v) is 4.42. The summed E-state index contributed by atoms with van der Waals surface area (Å²) in [4.78, 5) is 25.4. The van der Waals surface area contributed by atoms with E-state index in [2.05, 4.69) is 24.3 Å². The van der Waals surface area contributed by atoms with Crippen LogP contribution < -0.4 is 11.0 Å². The maximum Gasteiger partial charge on any atom is 0.346 e. The van der Waals surface area contributed by atoms with Crippen molar-refractivity contribution in [1.29, 1.82) is 0 Å². The monoisotopic (exact) mass is 440 g/mol. The quantitative estimate of drug-likeness (QED) is 0.638. The molecule has 1 aromatic heterocycles. The smallest absolute Gasteiger partial charge is 0.346 e. The number of rotatable bonds is 8. The van der Waals surface area contributed by atoms with Gasteiger partial charge in [0.05, 0.1) is 12.5 Å². The van der Waals surface area contributed by atoms with Gasteiger partial charge in [0.2, 0.25) is 5.91 Å². The van der Waals surface area contributed by atoms with Crippen LogP contribution in [-0.4, -0.2) is 37.8 Å². The van der Waals surface area contributed by atoms with E-state index < -0.39 is 11.7 Å². The Morgan fingerprint density at radius 2 is 2.24 bits per heavy atom. The van der Waals surface area contributed by atoms with Crippen molar-refractivity contribution in [2.24, 2.45) is 0 Å². The van der Waals surface area contributed by atoms with E-state index in [1.165, 1.54) is 21.4 Å². The third-order valence-corrected chi connectivity index (χ3v) is 6.44. The van der Waals surface area contributed by atoms with Gasteiger partial charge in [-0.2, -0.15) is 16.9 Å². The summed E-state index contributed by atoms with van der Waals surface area (Å²) >= 11 is 7.95. The molecule has 1 amide bonds. The van der Waals surface area contributed by atoms with Crippen LogP contribution in [0.4, 0.5) is 4.39 Å².